The Morgan fingerprint density at radius 3 is 2.66 bits per heavy atom. The number of methoxy groups -OCH3 is 1. The van der Waals surface area contributed by atoms with Crippen molar-refractivity contribution >= 4 is 23.2 Å². The third kappa shape index (κ3) is 6.19. The van der Waals surface area contributed by atoms with Gasteiger partial charge in [0.2, 0.25) is 0 Å². The Hall–Kier alpha value is -4.24. The highest BCUT2D eigenvalue weighted by molar-refractivity contribution is 5.89. The van der Waals surface area contributed by atoms with Gasteiger partial charge in [-0.15, -0.1) is 0 Å². The summed E-state index contributed by atoms with van der Waals surface area (Å²) in [4.78, 5) is 13.6. The number of nitrogens with two attached hydrogens (primary N) is 1. The lowest BCUT2D eigenvalue weighted by molar-refractivity contribution is -0.0660. The van der Waals surface area contributed by atoms with Crippen LogP contribution in [0.1, 0.15) is 30.0 Å². The quantitative estimate of drug-likeness (QED) is 0.396. The number of nitrogens with zero attached hydrogens (tertiary/aromatic N) is 5. The van der Waals surface area contributed by atoms with Gasteiger partial charge in [0.1, 0.15) is 42.0 Å². The summed E-state index contributed by atoms with van der Waals surface area (Å²) in [6, 6.07) is 14.2. The van der Waals surface area contributed by atoms with Gasteiger partial charge in [0, 0.05) is 43.9 Å². The van der Waals surface area contributed by atoms with E-state index >= 15 is 0 Å². The average Bonchev–Trinajstić information content (AvgIpc) is 3.02. The molecule has 4 heterocycles. The predicted molar refractivity (Wildman–Crippen MR) is 168 cm³/mol. The Kier molecular flexibility index (Phi) is 8.93. The number of halogens is 1. The zero-order chi connectivity index (χ0) is 30.6. The van der Waals surface area contributed by atoms with Crippen molar-refractivity contribution in [2.75, 3.05) is 70.2 Å². The number of allylic oxidation sites excluding steroid dienone is 1. The first-order valence-electron chi connectivity index (χ1n) is 15.0. The van der Waals surface area contributed by atoms with Crippen LogP contribution in [0.25, 0.3) is 22.9 Å². The zero-order valence-corrected chi connectivity index (χ0v) is 25.1. The highest BCUT2D eigenvalue weighted by atomic mass is 19.1. The summed E-state index contributed by atoms with van der Waals surface area (Å²) in [5, 5.41) is 12.9. The van der Waals surface area contributed by atoms with E-state index < -0.39 is 12.3 Å². The van der Waals surface area contributed by atoms with Gasteiger partial charge in [0.15, 0.2) is 0 Å². The molecule has 0 saturated carbocycles. The highest BCUT2D eigenvalue weighted by Crippen LogP contribution is 2.36. The van der Waals surface area contributed by atoms with E-state index in [1.807, 2.05) is 25.1 Å². The fourth-order valence-electron chi connectivity index (χ4n) is 5.99. The Morgan fingerprint density at radius 1 is 1.14 bits per heavy atom. The Morgan fingerprint density at radius 2 is 1.95 bits per heavy atom. The first kappa shape index (κ1) is 29.8. The summed E-state index contributed by atoms with van der Waals surface area (Å²) >= 11 is 0. The highest BCUT2D eigenvalue weighted by Gasteiger charge is 2.30. The SMILES string of the molecule is COc1cc(/C(C)=C/c2c(N)ncnc2-c2ccc(O[C@H]3CCNC[C@H]3F)c(C#N)c2)ccc1N1CCN(C2COC2)CC1. The van der Waals surface area contributed by atoms with Crippen LogP contribution in [-0.2, 0) is 4.74 Å². The van der Waals surface area contributed by atoms with Crippen LogP contribution >= 0.6 is 0 Å². The second-order valence-corrected chi connectivity index (χ2v) is 11.4. The minimum absolute atomic E-state index is 0.238. The maximum Gasteiger partial charge on any atom is 0.149 e. The van der Waals surface area contributed by atoms with Crippen LogP contribution in [-0.4, -0.2) is 92.8 Å². The Bertz CT molecular complexity index is 1560. The number of nitrogen functional groups attached to an aromatic ring is 1. The Balaban J connectivity index is 1.24. The van der Waals surface area contributed by atoms with Crippen LogP contribution in [0.4, 0.5) is 15.9 Å². The fourth-order valence-corrected chi connectivity index (χ4v) is 5.99. The number of anilines is 2. The molecule has 2 atom stereocenters. The normalized spacial score (nSPS) is 21.4. The number of piperidine rings is 1. The molecule has 3 saturated heterocycles. The molecule has 0 radical (unpaired) electrons. The van der Waals surface area contributed by atoms with Gasteiger partial charge >= 0.3 is 0 Å². The molecule has 6 rings (SSSR count). The van der Waals surface area contributed by atoms with Gasteiger partial charge in [-0.3, -0.25) is 4.90 Å². The van der Waals surface area contributed by atoms with Gasteiger partial charge < -0.3 is 30.2 Å². The summed E-state index contributed by atoms with van der Waals surface area (Å²) in [6.45, 7) is 8.46. The Labute approximate surface area is 257 Å². The molecule has 0 unspecified atom stereocenters. The van der Waals surface area contributed by atoms with Crippen molar-refractivity contribution in [2.45, 2.75) is 31.7 Å². The van der Waals surface area contributed by atoms with Crippen LogP contribution in [0.5, 0.6) is 11.5 Å². The number of alkyl halides is 1. The van der Waals surface area contributed by atoms with Crippen molar-refractivity contribution in [1.29, 1.82) is 5.26 Å². The monoisotopic (exact) mass is 599 g/mol. The minimum Gasteiger partial charge on any atom is -0.495 e. The largest absolute Gasteiger partial charge is 0.495 e. The third-order valence-electron chi connectivity index (χ3n) is 8.70. The summed E-state index contributed by atoms with van der Waals surface area (Å²) in [6.07, 6.45) is 2.16. The van der Waals surface area contributed by atoms with Gasteiger partial charge in [0.05, 0.1) is 43.3 Å². The van der Waals surface area contributed by atoms with Crippen molar-refractivity contribution in [3.05, 3.63) is 59.4 Å². The number of benzene rings is 2. The molecule has 3 fully saturated rings. The van der Waals surface area contributed by atoms with E-state index in [1.165, 1.54) is 6.33 Å². The number of ether oxygens (including phenoxy) is 3. The summed E-state index contributed by atoms with van der Waals surface area (Å²) in [7, 11) is 1.70. The second kappa shape index (κ2) is 13.2. The molecular weight excluding hydrogens is 561 g/mol. The van der Waals surface area contributed by atoms with Crippen molar-refractivity contribution in [3.63, 3.8) is 0 Å². The number of aromatic nitrogens is 2. The molecule has 0 amide bonds. The first-order chi connectivity index (χ1) is 21.4. The zero-order valence-electron chi connectivity index (χ0n) is 25.1. The minimum atomic E-state index is -1.14. The van der Waals surface area contributed by atoms with Crippen LogP contribution in [0.3, 0.4) is 0 Å². The van der Waals surface area contributed by atoms with E-state index in [-0.39, 0.29) is 6.54 Å². The van der Waals surface area contributed by atoms with Gasteiger partial charge in [-0.05, 0) is 67.4 Å². The van der Waals surface area contributed by atoms with E-state index in [4.69, 9.17) is 19.9 Å². The first-order valence-corrected chi connectivity index (χ1v) is 15.0. The van der Waals surface area contributed by atoms with E-state index in [2.05, 4.69) is 43.3 Å². The fraction of sp³-hybridized carbons (Fsp3) is 0.424. The maximum absolute atomic E-state index is 14.4. The lowest BCUT2D eigenvalue weighted by Gasteiger charge is -2.43. The predicted octanol–water partition coefficient (Wildman–Crippen LogP) is 3.77. The molecule has 0 spiro atoms. The third-order valence-corrected chi connectivity index (χ3v) is 8.70. The summed E-state index contributed by atoms with van der Waals surface area (Å²) in [5.41, 5.74) is 11.6. The van der Waals surface area contributed by atoms with Gasteiger partial charge in [-0.25, -0.2) is 14.4 Å². The standard InChI is InChI=1S/C33H38FN7O3/c1-21(22-3-5-28(31(15-22)42-2)41-11-9-40(10-12-41)25-18-43-19-25)13-26-32(38-20-39-33(26)36)23-4-6-29(24(14-23)16-35)44-30-7-8-37-17-27(30)34/h3-6,13-15,20,25,27,30,37H,7-12,17-19H2,1-2H3,(H2,36,38,39)/b21-13+/t27-,30+/m1/s1. The van der Waals surface area contributed by atoms with Crippen LogP contribution < -0.4 is 25.4 Å². The van der Waals surface area contributed by atoms with E-state index in [9.17, 15) is 9.65 Å². The van der Waals surface area contributed by atoms with Crippen LogP contribution in [0.15, 0.2) is 42.7 Å². The molecule has 10 nitrogen and oxygen atoms in total. The molecule has 3 aliphatic rings. The van der Waals surface area contributed by atoms with Crippen LogP contribution in [0.2, 0.25) is 0 Å². The molecule has 44 heavy (non-hydrogen) atoms. The molecule has 3 aromatic rings. The van der Waals surface area contributed by atoms with Crippen molar-refractivity contribution in [1.82, 2.24) is 20.2 Å². The lowest BCUT2D eigenvalue weighted by atomic mass is 9.99. The molecule has 3 aliphatic heterocycles. The summed E-state index contributed by atoms with van der Waals surface area (Å²) < 4.78 is 31.5. The molecule has 0 bridgehead atoms. The molecule has 2 aromatic carbocycles. The molecule has 11 heteroatoms. The summed E-state index contributed by atoms with van der Waals surface area (Å²) in [5.74, 6) is 1.49. The second-order valence-electron chi connectivity index (χ2n) is 11.4. The molecule has 230 valence electrons. The van der Waals surface area contributed by atoms with E-state index in [0.29, 0.717) is 53.0 Å². The van der Waals surface area contributed by atoms with E-state index in [0.717, 1.165) is 62.0 Å². The van der Waals surface area contributed by atoms with Crippen molar-refractivity contribution in [3.8, 4) is 28.8 Å². The van der Waals surface area contributed by atoms with Gasteiger partial charge in [-0.1, -0.05) is 6.07 Å². The van der Waals surface area contributed by atoms with Crippen LogP contribution in [0, 0.1) is 11.3 Å². The number of nitrogens with one attached hydrogen (secondary N) is 1. The number of hydrogen-bond acceptors (Lipinski definition) is 10. The van der Waals surface area contributed by atoms with E-state index in [1.54, 1.807) is 19.2 Å². The van der Waals surface area contributed by atoms with Gasteiger partial charge in [-0.2, -0.15) is 5.26 Å². The number of hydrogen-bond donors (Lipinski definition) is 2. The number of rotatable bonds is 8. The smallest absolute Gasteiger partial charge is 0.149 e. The topological polar surface area (TPSA) is 122 Å². The van der Waals surface area contributed by atoms with Crippen molar-refractivity contribution in [2.24, 2.45) is 0 Å². The molecule has 1 aromatic heterocycles. The molecule has 3 N–H and O–H groups in total. The number of nitriles is 1. The lowest BCUT2D eigenvalue weighted by Crippen LogP contribution is -2.56. The number of piperazine rings is 1. The van der Waals surface area contributed by atoms with Gasteiger partial charge in [0.25, 0.3) is 0 Å². The molecule has 0 aliphatic carbocycles. The molecular formula is C33H38FN7O3. The maximum atomic E-state index is 14.4. The van der Waals surface area contributed by atoms with Crippen molar-refractivity contribution < 1.29 is 18.6 Å². The average molecular weight is 600 g/mol.